The Labute approximate surface area is 136 Å². The number of carbonyl (C=O) groups excluding carboxylic acids is 1. The largest absolute Gasteiger partial charge is 0.466 e. The molecule has 0 saturated carbocycles. The predicted molar refractivity (Wildman–Crippen MR) is 82.9 cm³/mol. The molecule has 0 radical (unpaired) electrons. The lowest BCUT2D eigenvalue weighted by Crippen LogP contribution is -2.42. The summed E-state index contributed by atoms with van der Waals surface area (Å²) in [6.07, 6.45) is -0.134. The number of nitriles is 2. The van der Waals surface area contributed by atoms with Gasteiger partial charge in [-0.05, 0) is 32.3 Å². The van der Waals surface area contributed by atoms with Crippen LogP contribution in [0.3, 0.4) is 0 Å². The van der Waals surface area contributed by atoms with Crippen LogP contribution in [0.25, 0.3) is 0 Å². The van der Waals surface area contributed by atoms with Gasteiger partial charge < -0.3 is 9.47 Å². The zero-order valence-corrected chi connectivity index (χ0v) is 13.4. The Balaban J connectivity index is 2.21. The summed E-state index contributed by atoms with van der Waals surface area (Å²) in [5.41, 5.74) is 0.846. The van der Waals surface area contributed by atoms with Crippen LogP contribution in [0.2, 0.25) is 0 Å². The lowest BCUT2D eigenvalue weighted by Gasteiger charge is -2.37. The average molecular weight is 312 g/mol. The molecule has 1 saturated heterocycles. The highest BCUT2D eigenvalue weighted by Crippen LogP contribution is 2.43. The van der Waals surface area contributed by atoms with Crippen LogP contribution in [0.1, 0.15) is 43.4 Å². The van der Waals surface area contributed by atoms with Crippen molar-refractivity contribution in [2.75, 3.05) is 6.61 Å². The molecule has 1 aromatic rings. The highest BCUT2D eigenvalue weighted by molar-refractivity contribution is 5.70. The first-order valence-electron chi connectivity index (χ1n) is 7.74. The molecule has 1 heterocycles. The molecule has 1 aromatic carbocycles. The molecule has 0 amide bonds. The topological polar surface area (TPSA) is 83.1 Å². The van der Waals surface area contributed by atoms with E-state index in [-0.39, 0.29) is 19.1 Å². The van der Waals surface area contributed by atoms with E-state index < -0.39 is 17.5 Å². The number of ether oxygens (including phenoxy) is 2. The Bertz CT molecular complexity index is 626. The number of hydrogen-bond donors (Lipinski definition) is 0. The lowest BCUT2D eigenvalue weighted by molar-refractivity contribution is -0.154. The van der Waals surface area contributed by atoms with Gasteiger partial charge >= 0.3 is 5.97 Å². The third-order valence-electron chi connectivity index (χ3n) is 4.18. The van der Waals surface area contributed by atoms with Gasteiger partial charge in [0, 0.05) is 0 Å². The first-order valence-corrected chi connectivity index (χ1v) is 7.74. The van der Waals surface area contributed by atoms with Crippen molar-refractivity contribution in [1.29, 1.82) is 10.5 Å². The quantitative estimate of drug-likeness (QED) is 0.797. The second-order valence-electron chi connectivity index (χ2n) is 5.77. The van der Waals surface area contributed by atoms with Crippen LogP contribution in [-0.4, -0.2) is 18.7 Å². The van der Waals surface area contributed by atoms with Crippen LogP contribution < -0.4 is 0 Å². The number of hydrogen-bond acceptors (Lipinski definition) is 5. The van der Waals surface area contributed by atoms with E-state index in [1.165, 1.54) is 0 Å². The van der Waals surface area contributed by atoms with Crippen molar-refractivity contribution in [2.45, 2.75) is 45.3 Å². The molecule has 0 unspecified atom stereocenters. The predicted octanol–water partition coefficient (Wildman–Crippen LogP) is 3.20. The van der Waals surface area contributed by atoms with Crippen LogP contribution in [0.5, 0.6) is 0 Å². The van der Waals surface area contributed by atoms with Crippen molar-refractivity contribution in [3.63, 3.8) is 0 Å². The number of carbonyl (C=O) groups is 1. The Morgan fingerprint density at radius 2 is 2.00 bits per heavy atom. The Kier molecular flexibility index (Phi) is 5.36. The van der Waals surface area contributed by atoms with Gasteiger partial charge in [0.1, 0.15) is 6.10 Å². The van der Waals surface area contributed by atoms with Crippen LogP contribution in [0.15, 0.2) is 24.3 Å². The summed E-state index contributed by atoms with van der Waals surface area (Å²) in [7, 11) is 0. The van der Waals surface area contributed by atoms with Crippen LogP contribution in [0.4, 0.5) is 0 Å². The van der Waals surface area contributed by atoms with Gasteiger partial charge in [-0.1, -0.05) is 29.8 Å². The number of nitrogens with zero attached hydrogens (tertiary/aromatic N) is 2. The molecule has 2 atom stereocenters. The highest BCUT2D eigenvalue weighted by atomic mass is 16.5. The molecule has 120 valence electrons. The molecule has 5 heteroatoms. The third kappa shape index (κ3) is 3.70. The minimum absolute atomic E-state index is 0.0860. The van der Waals surface area contributed by atoms with Gasteiger partial charge in [-0.3, -0.25) is 4.79 Å². The summed E-state index contributed by atoms with van der Waals surface area (Å²) in [5.74, 6) is -0.447. The van der Waals surface area contributed by atoms with Gasteiger partial charge in [0.15, 0.2) is 5.41 Å². The molecule has 2 rings (SSSR count). The van der Waals surface area contributed by atoms with Crippen LogP contribution >= 0.6 is 0 Å². The zero-order chi connectivity index (χ0) is 16.9. The maximum Gasteiger partial charge on any atom is 0.308 e. The fourth-order valence-corrected chi connectivity index (χ4v) is 2.80. The van der Waals surface area contributed by atoms with E-state index in [0.29, 0.717) is 12.8 Å². The maximum absolute atomic E-state index is 11.8. The van der Waals surface area contributed by atoms with Crippen molar-refractivity contribution >= 4 is 5.97 Å². The molecule has 0 aliphatic carbocycles. The normalized spacial score (nSPS) is 22.6. The van der Waals surface area contributed by atoms with Gasteiger partial charge in [-0.2, -0.15) is 10.5 Å². The number of benzene rings is 1. The Hall–Kier alpha value is -2.37. The van der Waals surface area contributed by atoms with Crippen molar-refractivity contribution in [3.05, 3.63) is 35.4 Å². The van der Waals surface area contributed by atoms with E-state index in [1.54, 1.807) is 6.92 Å². The molecule has 5 nitrogen and oxygen atoms in total. The summed E-state index contributed by atoms with van der Waals surface area (Å²) in [6.45, 7) is 3.99. The molecule has 1 aliphatic rings. The maximum atomic E-state index is 11.8. The van der Waals surface area contributed by atoms with Crippen LogP contribution in [0, 0.1) is 35.0 Å². The third-order valence-corrected chi connectivity index (χ3v) is 4.18. The molecular formula is C18H20N2O3. The molecule has 1 fully saturated rings. The average Bonchev–Trinajstić information content (AvgIpc) is 2.56. The summed E-state index contributed by atoms with van der Waals surface area (Å²) >= 11 is 0. The molecule has 1 aliphatic heterocycles. The second-order valence-corrected chi connectivity index (χ2v) is 5.77. The van der Waals surface area contributed by atoms with Gasteiger partial charge in [0.25, 0.3) is 0 Å². The summed E-state index contributed by atoms with van der Waals surface area (Å²) in [4.78, 5) is 11.8. The number of esters is 1. The first kappa shape index (κ1) is 17.0. The lowest BCUT2D eigenvalue weighted by atomic mass is 9.75. The van der Waals surface area contributed by atoms with Gasteiger partial charge in [-0.15, -0.1) is 0 Å². The van der Waals surface area contributed by atoms with Crippen LogP contribution in [-0.2, 0) is 14.3 Å². The van der Waals surface area contributed by atoms with E-state index in [0.717, 1.165) is 11.1 Å². The van der Waals surface area contributed by atoms with Crippen molar-refractivity contribution in [1.82, 2.24) is 0 Å². The van der Waals surface area contributed by atoms with Gasteiger partial charge in [0.2, 0.25) is 0 Å². The first-order chi connectivity index (χ1) is 11.0. The summed E-state index contributed by atoms with van der Waals surface area (Å²) in [5, 5.41) is 18.9. The summed E-state index contributed by atoms with van der Waals surface area (Å²) < 4.78 is 10.9. The van der Waals surface area contributed by atoms with E-state index in [2.05, 4.69) is 12.1 Å². The molecule has 0 N–H and O–H groups in total. The summed E-state index contributed by atoms with van der Waals surface area (Å²) in [6, 6.07) is 12.1. The van der Waals surface area contributed by atoms with Gasteiger partial charge in [0.05, 0.1) is 31.3 Å². The molecule has 23 heavy (non-hydrogen) atoms. The second kappa shape index (κ2) is 7.26. The number of aryl methyl sites for hydroxylation is 1. The standard InChI is InChI=1S/C18H20N2O3/c1-3-22-17(21)10-16-18(11-19,12-20)9-8-15(23-16)14-6-4-13(2)5-7-14/h4-7,15-16H,3,8-10H2,1-2H3/t15-,16-/m1/s1. The zero-order valence-electron chi connectivity index (χ0n) is 13.4. The Morgan fingerprint density at radius 1 is 1.35 bits per heavy atom. The van der Waals surface area contributed by atoms with E-state index >= 15 is 0 Å². The highest BCUT2D eigenvalue weighted by Gasteiger charge is 2.47. The number of rotatable bonds is 4. The monoisotopic (exact) mass is 312 g/mol. The smallest absolute Gasteiger partial charge is 0.308 e. The van der Waals surface area contributed by atoms with Crippen molar-refractivity contribution in [3.8, 4) is 12.1 Å². The molecule has 0 bridgehead atoms. The van der Waals surface area contributed by atoms with E-state index in [9.17, 15) is 15.3 Å². The fraction of sp³-hybridized carbons (Fsp3) is 0.500. The minimum atomic E-state index is -1.30. The Morgan fingerprint density at radius 3 is 2.57 bits per heavy atom. The van der Waals surface area contributed by atoms with E-state index in [4.69, 9.17) is 9.47 Å². The van der Waals surface area contributed by atoms with E-state index in [1.807, 2.05) is 31.2 Å². The van der Waals surface area contributed by atoms with Gasteiger partial charge in [-0.25, -0.2) is 0 Å². The minimum Gasteiger partial charge on any atom is -0.466 e. The molecular weight excluding hydrogens is 292 g/mol. The fourth-order valence-electron chi connectivity index (χ4n) is 2.80. The SMILES string of the molecule is CCOC(=O)C[C@H]1O[C@@H](c2ccc(C)cc2)CCC1(C#N)C#N. The molecule has 0 aromatic heterocycles. The van der Waals surface area contributed by atoms with Crippen molar-refractivity contribution < 1.29 is 14.3 Å². The van der Waals surface area contributed by atoms with Crippen molar-refractivity contribution in [2.24, 2.45) is 5.41 Å². The molecule has 0 spiro atoms.